The van der Waals surface area contributed by atoms with Crippen LogP contribution < -0.4 is 10.2 Å². The summed E-state index contributed by atoms with van der Waals surface area (Å²) in [4.78, 5) is 46.8. The third kappa shape index (κ3) is 4.09. The summed E-state index contributed by atoms with van der Waals surface area (Å²) in [6.07, 6.45) is -4.57. The first kappa shape index (κ1) is 18.9. The first-order chi connectivity index (χ1) is 12.6. The fourth-order valence-electron chi connectivity index (χ4n) is 2.85. The van der Waals surface area contributed by atoms with E-state index in [0.29, 0.717) is 0 Å². The van der Waals surface area contributed by atoms with Crippen molar-refractivity contribution in [3.63, 3.8) is 0 Å². The number of piperazine rings is 1. The lowest BCUT2D eigenvalue weighted by Crippen LogP contribution is -2.52. The zero-order valence-electron chi connectivity index (χ0n) is 14.4. The van der Waals surface area contributed by atoms with Crippen molar-refractivity contribution < 1.29 is 27.6 Å². The van der Waals surface area contributed by atoms with Crippen molar-refractivity contribution in [3.8, 4) is 0 Å². The lowest BCUT2D eigenvalue weighted by Gasteiger charge is -2.35. The van der Waals surface area contributed by atoms with E-state index in [2.05, 4.69) is 15.3 Å². The molecule has 4 amide bonds. The molecule has 1 N–H and O–H groups in total. The average Bonchev–Trinajstić information content (AvgIpc) is 2.92. The average molecular weight is 386 g/mol. The van der Waals surface area contributed by atoms with Gasteiger partial charge >= 0.3 is 12.2 Å². The van der Waals surface area contributed by atoms with E-state index >= 15 is 0 Å². The summed E-state index contributed by atoms with van der Waals surface area (Å²) >= 11 is 0. The van der Waals surface area contributed by atoms with Crippen molar-refractivity contribution in [2.45, 2.75) is 13.1 Å². The van der Waals surface area contributed by atoms with E-state index in [0.717, 1.165) is 11.0 Å². The molecular formula is C15H17F3N6O3. The number of nitrogens with zero attached hydrogens (tertiary/aromatic N) is 5. The number of nitrogens with one attached hydrogen (secondary N) is 1. The Morgan fingerprint density at radius 1 is 1.19 bits per heavy atom. The summed E-state index contributed by atoms with van der Waals surface area (Å²) in [7, 11) is 0. The minimum atomic E-state index is -4.57. The third-order valence-electron chi connectivity index (χ3n) is 4.28. The van der Waals surface area contributed by atoms with E-state index in [4.69, 9.17) is 0 Å². The van der Waals surface area contributed by atoms with Crippen LogP contribution in [0.25, 0.3) is 0 Å². The van der Waals surface area contributed by atoms with Crippen LogP contribution in [0.4, 0.5) is 23.9 Å². The highest BCUT2D eigenvalue weighted by Gasteiger charge is 2.35. The number of aromatic nitrogens is 2. The standard InChI is InChI=1S/C15H17F3N6O3/c1-9-6-10(15(16,17)18)21-13(20-9)23-4-2-22(3-5-23)12(26)8-24-11(25)7-19-14(24)27/h6H,2-5,7-8H2,1H3,(H,19,27). The summed E-state index contributed by atoms with van der Waals surface area (Å²) < 4.78 is 38.7. The number of halogens is 3. The number of carbonyl (C=O) groups excluding carboxylic acids is 3. The third-order valence-corrected chi connectivity index (χ3v) is 4.28. The number of rotatable bonds is 3. The molecule has 0 atom stereocenters. The van der Waals surface area contributed by atoms with Gasteiger partial charge in [0.25, 0.3) is 5.91 Å². The predicted octanol–water partition coefficient (Wildman–Crippen LogP) is 0.00422. The second-order valence-electron chi connectivity index (χ2n) is 6.20. The van der Waals surface area contributed by atoms with Gasteiger partial charge in [-0.2, -0.15) is 13.2 Å². The highest BCUT2D eigenvalue weighted by Crippen LogP contribution is 2.29. The van der Waals surface area contributed by atoms with Gasteiger partial charge in [0.2, 0.25) is 11.9 Å². The number of hydrogen-bond donors (Lipinski definition) is 1. The maximum absolute atomic E-state index is 12.9. The number of aryl methyl sites for hydroxylation is 1. The molecule has 0 aromatic carbocycles. The minimum absolute atomic E-state index is 0.0384. The van der Waals surface area contributed by atoms with Gasteiger partial charge in [-0.1, -0.05) is 0 Å². The fourth-order valence-corrected chi connectivity index (χ4v) is 2.85. The number of alkyl halides is 3. The maximum Gasteiger partial charge on any atom is 0.433 e. The van der Waals surface area contributed by atoms with Gasteiger partial charge in [0.1, 0.15) is 12.2 Å². The van der Waals surface area contributed by atoms with Gasteiger partial charge in [0, 0.05) is 31.9 Å². The number of hydrogen-bond acceptors (Lipinski definition) is 6. The molecule has 2 aliphatic rings. The smallest absolute Gasteiger partial charge is 0.338 e. The van der Waals surface area contributed by atoms with Crippen molar-refractivity contribution in [1.82, 2.24) is 25.1 Å². The first-order valence-electron chi connectivity index (χ1n) is 8.19. The molecule has 0 bridgehead atoms. The largest absolute Gasteiger partial charge is 0.433 e. The molecule has 0 saturated carbocycles. The van der Waals surface area contributed by atoms with Gasteiger partial charge < -0.3 is 15.1 Å². The van der Waals surface area contributed by atoms with E-state index in [1.807, 2.05) is 0 Å². The molecular weight excluding hydrogens is 369 g/mol. The Bertz CT molecular complexity index is 761. The zero-order chi connectivity index (χ0) is 19.8. The Balaban J connectivity index is 1.62. The molecule has 1 aromatic heterocycles. The molecule has 2 aliphatic heterocycles. The number of amides is 4. The lowest BCUT2D eigenvalue weighted by atomic mass is 10.3. The summed E-state index contributed by atoms with van der Waals surface area (Å²) in [5, 5.41) is 2.33. The highest BCUT2D eigenvalue weighted by atomic mass is 19.4. The molecule has 1 aromatic rings. The summed E-state index contributed by atoms with van der Waals surface area (Å²) in [6.45, 7) is 1.90. The first-order valence-corrected chi connectivity index (χ1v) is 8.19. The quantitative estimate of drug-likeness (QED) is 0.735. The van der Waals surface area contributed by atoms with Gasteiger partial charge in [0.15, 0.2) is 0 Å². The van der Waals surface area contributed by atoms with Crippen molar-refractivity contribution in [2.75, 3.05) is 44.2 Å². The maximum atomic E-state index is 12.9. The van der Waals surface area contributed by atoms with Crippen molar-refractivity contribution in [1.29, 1.82) is 0 Å². The molecule has 12 heteroatoms. The molecule has 0 spiro atoms. The minimum Gasteiger partial charge on any atom is -0.338 e. The van der Waals surface area contributed by atoms with Crippen molar-refractivity contribution >= 4 is 23.8 Å². The molecule has 146 valence electrons. The molecule has 0 aliphatic carbocycles. The molecule has 0 unspecified atom stereocenters. The SMILES string of the molecule is Cc1cc(C(F)(F)F)nc(N2CCN(C(=O)CN3C(=O)CNC3=O)CC2)n1. The predicted molar refractivity (Wildman–Crippen MR) is 85.7 cm³/mol. The van der Waals surface area contributed by atoms with Gasteiger partial charge in [-0.05, 0) is 13.0 Å². The van der Waals surface area contributed by atoms with Crippen LogP contribution in [0.2, 0.25) is 0 Å². The van der Waals surface area contributed by atoms with E-state index in [1.54, 1.807) is 4.90 Å². The zero-order valence-corrected chi connectivity index (χ0v) is 14.4. The van der Waals surface area contributed by atoms with Gasteiger partial charge in [-0.15, -0.1) is 0 Å². The Kier molecular flexibility index (Phi) is 4.89. The summed E-state index contributed by atoms with van der Waals surface area (Å²) in [5.74, 6) is -0.912. The molecule has 2 saturated heterocycles. The van der Waals surface area contributed by atoms with Gasteiger partial charge in [0.05, 0.1) is 6.54 Å². The van der Waals surface area contributed by atoms with Crippen LogP contribution in [0, 0.1) is 6.92 Å². The number of anilines is 1. The molecule has 2 fully saturated rings. The Morgan fingerprint density at radius 2 is 1.85 bits per heavy atom. The number of imide groups is 1. The highest BCUT2D eigenvalue weighted by molar-refractivity contribution is 6.04. The van der Waals surface area contributed by atoms with Crippen molar-refractivity contribution in [2.24, 2.45) is 0 Å². The lowest BCUT2D eigenvalue weighted by molar-refractivity contribution is -0.141. The van der Waals surface area contributed by atoms with Crippen LogP contribution in [0.5, 0.6) is 0 Å². The topological polar surface area (TPSA) is 98.7 Å². The summed E-state index contributed by atoms with van der Waals surface area (Å²) in [6, 6.07) is 0.265. The number of carbonyl (C=O) groups is 3. The molecule has 27 heavy (non-hydrogen) atoms. The van der Waals surface area contributed by atoms with Gasteiger partial charge in [-0.3, -0.25) is 14.5 Å². The second kappa shape index (κ2) is 7.00. The normalized spacial score (nSPS) is 18.1. The van der Waals surface area contributed by atoms with Crippen LogP contribution in [-0.2, 0) is 15.8 Å². The van der Waals surface area contributed by atoms with E-state index < -0.39 is 29.7 Å². The molecule has 3 rings (SSSR count). The molecule has 0 radical (unpaired) electrons. The molecule has 3 heterocycles. The number of urea groups is 1. The Morgan fingerprint density at radius 3 is 2.41 bits per heavy atom. The Hall–Kier alpha value is -2.92. The fraction of sp³-hybridized carbons (Fsp3) is 0.533. The van der Waals surface area contributed by atoms with E-state index in [1.165, 1.54) is 11.8 Å². The van der Waals surface area contributed by atoms with Crippen LogP contribution in [0.15, 0.2) is 6.07 Å². The van der Waals surface area contributed by atoms with Crippen molar-refractivity contribution in [3.05, 3.63) is 17.5 Å². The van der Waals surface area contributed by atoms with Crippen LogP contribution >= 0.6 is 0 Å². The molecule has 9 nitrogen and oxygen atoms in total. The second-order valence-corrected chi connectivity index (χ2v) is 6.20. The van der Waals surface area contributed by atoms with Gasteiger partial charge in [-0.25, -0.2) is 14.8 Å². The summed E-state index contributed by atoms with van der Waals surface area (Å²) in [5.41, 5.74) is -0.813. The Labute approximate surface area is 152 Å². The monoisotopic (exact) mass is 386 g/mol. The van der Waals surface area contributed by atoms with E-state index in [-0.39, 0.29) is 50.9 Å². The van der Waals surface area contributed by atoms with Crippen LogP contribution in [-0.4, -0.2) is 76.9 Å². The van der Waals surface area contributed by atoms with Crippen LogP contribution in [0.1, 0.15) is 11.4 Å². The van der Waals surface area contributed by atoms with E-state index in [9.17, 15) is 27.6 Å². The van der Waals surface area contributed by atoms with Crippen LogP contribution in [0.3, 0.4) is 0 Å².